The first-order chi connectivity index (χ1) is 7.49. The van der Waals surface area contributed by atoms with Gasteiger partial charge in [0.05, 0.1) is 5.56 Å². The summed E-state index contributed by atoms with van der Waals surface area (Å²) in [5.41, 5.74) is 1.18. The Bertz CT molecular complexity index is 382. The molecule has 1 rings (SSSR count). The Morgan fingerprint density at radius 3 is 2.31 bits per heavy atom. The van der Waals surface area contributed by atoms with Crippen LogP contribution in [0.1, 0.15) is 29.8 Å². The Morgan fingerprint density at radius 1 is 1.31 bits per heavy atom. The van der Waals surface area contributed by atoms with Crippen LogP contribution in [-0.2, 0) is 16.6 Å². The van der Waals surface area contributed by atoms with E-state index in [-0.39, 0.29) is 5.56 Å². The summed E-state index contributed by atoms with van der Waals surface area (Å²) in [5, 5.41) is 8.72. The van der Waals surface area contributed by atoms with E-state index < -0.39 is 16.8 Å². The summed E-state index contributed by atoms with van der Waals surface area (Å²) in [6, 6.07) is 6.54. The Morgan fingerprint density at radius 2 is 1.88 bits per heavy atom. The highest BCUT2D eigenvalue weighted by molar-refractivity contribution is 7.84. The second kappa shape index (κ2) is 5.80. The van der Waals surface area contributed by atoms with E-state index in [1.54, 1.807) is 24.3 Å². The van der Waals surface area contributed by atoms with Crippen LogP contribution in [0.2, 0.25) is 0 Å². The highest BCUT2D eigenvalue weighted by atomic mass is 32.2. The normalized spacial score (nSPS) is 12.7. The van der Waals surface area contributed by atoms with E-state index in [0.29, 0.717) is 17.4 Å². The molecule has 3 nitrogen and oxygen atoms in total. The first-order valence-corrected chi connectivity index (χ1v) is 6.65. The lowest BCUT2D eigenvalue weighted by molar-refractivity contribution is 0.0697. The van der Waals surface area contributed by atoms with E-state index in [9.17, 15) is 9.00 Å². The summed E-state index contributed by atoms with van der Waals surface area (Å²) in [7, 11) is -0.866. The zero-order chi connectivity index (χ0) is 12.1. The summed E-state index contributed by atoms with van der Waals surface area (Å²) < 4.78 is 11.6. The smallest absolute Gasteiger partial charge is 0.335 e. The average Bonchev–Trinajstić information content (AvgIpc) is 2.16. The molecular weight excluding hydrogens is 224 g/mol. The number of rotatable bonds is 5. The maximum absolute atomic E-state index is 11.6. The second-order valence-corrected chi connectivity index (χ2v) is 5.65. The van der Waals surface area contributed by atoms with Crippen LogP contribution in [-0.4, -0.2) is 21.0 Å². The number of aromatic carboxylic acids is 1. The lowest BCUT2D eigenvalue weighted by Crippen LogP contribution is -2.06. The molecule has 0 aliphatic carbocycles. The highest BCUT2D eigenvalue weighted by Gasteiger charge is 2.06. The SMILES string of the molecule is CC(C)CS(=O)Cc1ccc(C(=O)O)cc1. The standard InChI is InChI=1S/C12H16O3S/c1-9(2)7-16(15)8-10-3-5-11(6-4-10)12(13)14/h3-6,9H,7-8H2,1-2H3,(H,13,14). The molecule has 1 aromatic rings. The zero-order valence-electron chi connectivity index (χ0n) is 9.47. The molecule has 1 atom stereocenters. The van der Waals surface area contributed by atoms with Gasteiger partial charge in [-0.1, -0.05) is 26.0 Å². The Labute approximate surface area is 98.0 Å². The zero-order valence-corrected chi connectivity index (χ0v) is 10.3. The first-order valence-electron chi connectivity index (χ1n) is 5.16. The van der Waals surface area contributed by atoms with Crippen LogP contribution in [0.25, 0.3) is 0 Å². The molecule has 0 aliphatic heterocycles. The van der Waals surface area contributed by atoms with Gasteiger partial charge in [0.1, 0.15) is 0 Å². The summed E-state index contributed by atoms with van der Waals surface area (Å²) in [6.07, 6.45) is 0. The van der Waals surface area contributed by atoms with Crippen molar-refractivity contribution in [3.05, 3.63) is 35.4 Å². The van der Waals surface area contributed by atoms with Gasteiger partial charge in [-0.15, -0.1) is 0 Å². The van der Waals surface area contributed by atoms with Gasteiger partial charge >= 0.3 is 5.97 Å². The molecule has 0 fully saturated rings. The Hall–Kier alpha value is -1.16. The van der Waals surface area contributed by atoms with Crippen molar-refractivity contribution in [1.82, 2.24) is 0 Å². The van der Waals surface area contributed by atoms with Gasteiger partial charge in [-0.05, 0) is 23.6 Å². The van der Waals surface area contributed by atoms with Gasteiger partial charge in [0, 0.05) is 22.3 Å². The van der Waals surface area contributed by atoms with Gasteiger partial charge in [0.15, 0.2) is 0 Å². The second-order valence-electron chi connectivity index (χ2n) is 4.15. The summed E-state index contributed by atoms with van der Waals surface area (Å²) >= 11 is 0. The maximum Gasteiger partial charge on any atom is 0.335 e. The van der Waals surface area contributed by atoms with Crippen LogP contribution in [0.4, 0.5) is 0 Å². The third-order valence-electron chi connectivity index (χ3n) is 2.05. The number of hydrogen-bond acceptors (Lipinski definition) is 2. The van der Waals surface area contributed by atoms with Gasteiger partial charge in [-0.2, -0.15) is 0 Å². The number of carboxylic acid groups (broad SMARTS) is 1. The predicted molar refractivity (Wildman–Crippen MR) is 65.0 cm³/mol. The fourth-order valence-electron chi connectivity index (χ4n) is 1.36. The fraction of sp³-hybridized carbons (Fsp3) is 0.417. The largest absolute Gasteiger partial charge is 0.478 e. The van der Waals surface area contributed by atoms with Crippen LogP contribution in [0.15, 0.2) is 24.3 Å². The number of carboxylic acids is 1. The Kier molecular flexibility index (Phi) is 4.68. The maximum atomic E-state index is 11.6. The molecule has 0 bridgehead atoms. The molecule has 16 heavy (non-hydrogen) atoms. The molecule has 0 amide bonds. The van der Waals surface area contributed by atoms with Gasteiger partial charge in [-0.25, -0.2) is 4.79 Å². The molecule has 1 N–H and O–H groups in total. The van der Waals surface area contributed by atoms with Crippen LogP contribution in [0.5, 0.6) is 0 Å². The van der Waals surface area contributed by atoms with E-state index in [1.165, 1.54) is 0 Å². The van der Waals surface area contributed by atoms with Crippen molar-refractivity contribution in [1.29, 1.82) is 0 Å². The topological polar surface area (TPSA) is 54.4 Å². The van der Waals surface area contributed by atoms with Crippen molar-refractivity contribution < 1.29 is 14.1 Å². The molecule has 88 valence electrons. The van der Waals surface area contributed by atoms with Gasteiger partial charge in [0.2, 0.25) is 0 Å². The van der Waals surface area contributed by atoms with Crippen LogP contribution < -0.4 is 0 Å². The number of benzene rings is 1. The molecule has 0 aromatic heterocycles. The van der Waals surface area contributed by atoms with Crippen LogP contribution in [0.3, 0.4) is 0 Å². The molecule has 4 heteroatoms. The molecule has 0 saturated heterocycles. The third kappa shape index (κ3) is 4.14. The van der Waals surface area contributed by atoms with Gasteiger partial charge in [0.25, 0.3) is 0 Å². The molecule has 0 spiro atoms. The highest BCUT2D eigenvalue weighted by Crippen LogP contribution is 2.08. The van der Waals surface area contributed by atoms with E-state index in [0.717, 1.165) is 5.56 Å². The number of hydrogen-bond donors (Lipinski definition) is 1. The van der Waals surface area contributed by atoms with Crippen molar-refractivity contribution in [3.8, 4) is 0 Å². The Balaban J connectivity index is 2.62. The molecular formula is C12H16O3S. The molecule has 1 unspecified atom stereocenters. The summed E-state index contributed by atoms with van der Waals surface area (Å²) in [6.45, 7) is 4.07. The number of carbonyl (C=O) groups is 1. The predicted octanol–water partition coefficient (Wildman–Crippen LogP) is 2.29. The first kappa shape index (κ1) is 12.9. The van der Waals surface area contributed by atoms with Crippen LogP contribution >= 0.6 is 0 Å². The van der Waals surface area contributed by atoms with Crippen molar-refractivity contribution >= 4 is 16.8 Å². The molecule has 0 aliphatic rings. The molecule has 1 aromatic carbocycles. The van der Waals surface area contributed by atoms with Gasteiger partial charge < -0.3 is 5.11 Å². The minimum absolute atomic E-state index is 0.262. The summed E-state index contributed by atoms with van der Waals surface area (Å²) in [4.78, 5) is 10.6. The quantitative estimate of drug-likeness (QED) is 0.859. The minimum Gasteiger partial charge on any atom is -0.478 e. The monoisotopic (exact) mass is 240 g/mol. The molecule has 0 heterocycles. The van der Waals surface area contributed by atoms with Crippen molar-refractivity contribution in [3.63, 3.8) is 0 Å². The van der Waals surface area contributed by atoms with Crippen LogP contribution in [0, 0.1) is 5.92 Å². The third-order valence-corrected chi connectivity index (χ3v) is 3.74. The van der Waals surface area contributed by atoms with E-state index in [4.69, 9.17) is 5.11 Å². The lowest BCUT2D eigenvalue weighted by Gasteiger charge is -2.05. The fourth-order valence-corrected chi connectivity index (χ4v) is 2.79. The lowest BCUT2D eigenvalue weighted by atomic mass is 10.1. The van der Waals surface area contributed by atoms with Crippen molar-refractivity contribution in [2.75, 3.05) is 5.75 Å². The molecule has 0 radical (unpaired) electrons. The van der Waals surface area contributed by atoms with Crippen molar-refractivity contribution in [2.45, 2.75) is 19.6 Å². The average molecular weight is 240 g/mol. The molecule has 0 saturated carbocycles. The van der Waals surface area contributed by atoms with E-state index in [2.05, 4.69) is 0 Å². The summed E-state index contributed by atoms with van der Waals surface area (Å²) in [5.74, 6) is 0.660. The van der Waals surface area contributed by atoms with E-state index >= 15 is 0 Å². The van der Waals surface area contributed by atoms with Gasteiger partial charge in [-0.3, -0.25) is 4.21 Å². The minimum atomic E-state index is -0.935. The van der Waals surface area contributed by atoms with E-state index in [1.807, 2.05) is 13.8 Å². The van der Waals surface area contributed by atoms with Crippen molar-refractivity contribution in [2.24, 2.45) is 5.92 Å².